The number of urea groups is 1. The highest BCUT2D eigenvalue weighted by molar-refractivity contribution is 6.22. The van der Waals surface area contributed by atoms with Crippen LogP contribution in [-0.4, -0.2) is 35.4 Å². The Kier molecular flexibility index (Phi) is 5.75. The zero-order chi connectivity index (χ0) is 22.0. The number of carbonyl (C=O) groups is 3. The van der Waals surface area contributed by atoms with Crippen LogP contribution in [0.15, 0.2) is 54.7 Å². The van der Waals surface area contributed by atoms with Crippen molar-refractivity contribution in [1.29, 1.82) is 0 Å². The molecule has 2 heterocycles. The van der Waals surface area contributed by atoms with Gasteiger partial charge in [0, 0.05) is 23.6 Å². The first-order valence-electron chi connectivity index (χ1n) is 10.5. The third-order valence-electron chi connectivity index (χ3n) is 5.62. The standard InChI is InChI=1S/C24H26N4O3/c1-15(2)16-7-9-18(10-8-16)28-23(30)21(27-24(28)31)13-22(29)25-12-11-17-14-26-20-6-4-3-5-19(17)20/h3-10,14-15,21,26H,11-13H2,1-2H3,(H,25,29)(H,27,31)/t21-/m0/s1. The lowest BCUT2D eigenvalue weighted by Gasteiger charge is -2.14. The molecule has 1 aliphatic rings. The number of aromatic amines is 1. The van der Waals surface area contributed by atoms with Gasteiger partial charge in [-0.3, -0.25) is 9.59 Å². The summed E-state index contributed by atoms with van der Waals surface area (Å²) in [7, 11) is 0. The van der Waals surface area contributed by atoms with Gasteiger partial charge in [0.2, 0.25) is 5.91 Å². The van der Waals surface area contributed by atoms with Crippen molar-refractivity contribution in [3.8, 4) is 0 Å². The highest BCUT2D eigenvalue weighted by Gasteiger charge is 2.40. The summed E-state index contributed by atoms with van der Waals surface area (Å²) in [6.07, 6.45) is 2.54. The largest absolute Gasteiger partial charge is 0.361 e. The number of nitrogens with zero attached hydrogens (tertiary/aromatic N) is 1. The van der Waals surface area contributed by atoms with E-state index in [2.05, 4.69) is 29.5 Å². The van der Waals surface area contributed by atoms with Gasteiger partial charge in [0.15, 0.2) is 0 Å². The van der Waals surface area contributed by atoms with Gasteiger partial charge in [-0.05, 0) is 41.7 Å². The first kappa shape index (κ1) is 20.7. The number of rotatable bonds is 7. The second kappa shape index (κ2) is 8.63. The zero-order valence-electron chi connectivity index (χ0n) is 17.6. The summed E-state index contributed by atoms with van der Waals surface area (Å²) >= 11 is 0. The van der Waals surface area contributed by atoms with Gasteiger partial charge in [-0.25, -0.2) is 9.69 Å². The van der Waals surface area contributed by atoms with Crippen molar-refractivity contribution in [1.82, 2.24) is 15.6 Å². The number of hydrogen-bond donors (Lipinski definition) is 3. The molecule has 0 saturated carbocycles. The van der Waals surface area contributed by atoms with E-state index >= 15 is 0 Å². The number of fused-ring (bicyclic) bond motifs is 1. The van der Waals surface area contributed by atoms with Crippen molar-refractivity contribution in [2.75, 3.05) is 11.4 Å². The molecule has 0 spiro atoms. The Bertz CT molecular complexity index is 1120. The minimum absolute atomic E-state index is 0.0843. The number of benzene rings is 2. The van der Waals surface area contributed by atoms with Gasteiger partial charge in [-0.2, -0.15) is 0 Å². The van der Waals surface area contributed by atoms with E-state index in [1.54, 1.807) is 12.1 Å². The van der Waals surface area contributed by atoms with E-state index in [-0.39, 0.29) is 12.3 Å². The molecule has 3 aromatic rings. The Morgan fingerprint density at radius 2 is 1.84 bits per heavy atom. The first-order chi connectivity index (χ1) is 14.9. The molecule has 2 aromatic carbocycles. The van der Waals surface area contributed by atoms with Crippen molar-refractivity contribution in [3.63, 3.8) is 0 Å². The molecule has 0 aliphatic carbocycles. The lowest BCUT2D eigenvalue weighted by Crippen LogP contribution is -2.37. The van der Waals surface area contributed by atoms with Crippen LogP contribution in [0.2, 0.25) is 0 Å². The highest BCUT2D eigenvalue weighted by Crippen LogP contribution is 2.24. The van der Waals surface area contributed by atoms with Crippen LogP contribution in [0.3, 0.4) is 0 Å². The summed E-state index contributed by atoms with van der Waals surface area (Å²) in [6, 6.07) is 14.0. The van der Waals surface area contributed by atoms with Gasteiger partial charge < -0.3 is 15.6 Å². The van der Waals surface area contributed by atoms with Crippen molar-refractivity contribution in [2.45, 2.75) is 38.6 Å². The molecule has 0 radical (unpaired) electrons. The van der Waals surface area contributed by atoms with Crippen LogP contribution in [0.5, 0.6) is 0 Å². The Hall–Kier alpha value is -3.61. The number of H-pyrrole nitrogens is 1. The number of carbonyl (C=O) groups excluding carboxylic acids is 3. The van der Waals surface area contributed by atoms with E-state index in [9.17, 15) is 14.4 Å². The number of hydrogen-bond acceptors (Lipinski definition) is 3. The van der Waals surface area contributed by atoms with Crippen LogP contribution in [0.25, 0.3) is 10.9 Å². The van der Waals surface area contributed by atoms with E-state index in [1.165, 1.54) is 0 Å². The van der Waals surface area contributed by atoms with Crippen LogP contribution in [0, 0.1) is 0 Å². The van der Waals surface area contributed by atoms with E-state index in [0.29, 0.717) is 24.6 Å². The van der Waals surface area contributed by atoms with Crippen molar-refractivity contribution >= 4 is 34.4 Å². The number of nitrogens with one attached hydrogen (secondary N) is 3. The SMILES string of the molecule is CC(C)c1ccc(N2C(=O)N[C@@H](CC(=O)NCCc3c[nH]c4ccccc34)C2=O)cc1. The van der Waals surface area contributed by atoms with Gasteiger partial charge >= 0.3 is 6.03 Å². The molecule has 1 fully saturated rings. The molecule has 0 unspecified atom stereocenters. The van der Waals surface area contributed by atoms with Crippen LogP contribution in [-0.2, 0) is 16.0 Å². The predicted molar refractivity (Wildman–Crippen MR) is 120 cm³/mol. The Morgan fingerprint density at radius 3 is 2.58 bits per heavy atom. The average molecular weight is 418 g/mol. The molecule has 0 bridgehead atoms. The molecule has 1 atom stereocenters. The molecule has 4 amide bonds. The minimum Gasteiger partial charge on any atom is -0.361 e. The van der Waals surface area contributed by atoms with E-state index < -0.39 is 18.0 Å². The third kappa shape index (κ3) is 4.30. The molecule has 1 saturated heterocycles. The predicted octanol–water partition coefficient (Wildman–Crippen LogP) is 3.47. The van der Waals surface area contributed by atoms with E-state index in [1.807, 2.05) is 42.6 Å². The molecule has 31 heavy (non-hydrogen) atoms. The molecule has 4 rings (SSSR count). The molecule has 3 N–H and O–H groups in total. The number of imide groups is 1. The summed E-state index contributed by atoms with van der Waals surface area (Å²) in [5.41, 5.74) is 3.82. The summed E-state index contributed by atoms with van der Waals surface area (Å²) in [5.74, 6) is -0.317. The molecule has 7 nitrogen and oxygen atoms in total. The van der Waals surface area contributed by atoms with Crippen LogP contribution in [0.1, 0.15) is 37.3 Å². The topological polar surface area (TPSA) is 94.3 Å². The molecule has 1 aliphatic heterocycles. The summed E-state index contributed by atoms with van der Waals surface area (Å²) in [5, 5.41) is 6.60. The Morgan fingerprint density at radius 1 is 1.10 bits per heavy atom. The minimum atomic E-state index is -0.856. The first-order valence-corrected chi connectivity index (χ1v) is 10.5. The maximum absolute atomic E-state index is 12.7. The maximum Gasteiger partial charge on any atom is 0.329 e. The number of para-hydroxylation sites is 1. The highest BCUT2D eigenvalue weighted by atomic mass is 16.2. The number of anilines is 1. The second-order valence-electron chi connectivity index (χ2n) is 8.09. The summed E-state index contributed by atoms with van der Waals surface area (Å²) in [4.78, 5) is 41.8. The van der Waals surface area contributed by atoms with Gasteiger partial charge in [0.25, 0.3) is 5.91 Å². The Labute approximate surface area is 180 Å². The molecular weight excluding hydrogens is 392 g/mol. The van der Waals surface area contributed by atoms with Crippen LogP contribution in [0.4, 0.5) is 10.5 Å². The zero-order valence-corrected chi connectivity index (χ0v) is 17.6. The smallest absolute Gasteiger partial charge is 0.329 e. The fraction of sp³-hybridized carbons (Fsp3) is 0.292. The fourth-order valence-electron chi connectivity index (χ4n) is 3.85. The molecule has 1 aromatic heterocycles. The quantitative estimate of drug-likeness (QED) is 0.513. The van der Waals surface area contributed by atoms with E-state index in [4.69, 9.17) is 0 Å². The average Bonchev–Trinajstić information content (AvgIpc) is 3.28. The van der Waals surface area contributed by atoms with Gasteiger partial charge in [-0.15, -0.1) is 0 Å². The molecular formula is C24H26N4O3. The number of amides is 4. The monoisotopic (exact) mass is 418 g/mol. The maximum atomic E-state index is 12.7. The summed E-state index contributed by atoms with van der Waals surface area (Å²) < 4.78 is 0. The van der Waals surface area contributed by atoms with Gasteiger partial charge in [0.05, 0.1) is 12.1 Å². The van der Waals surface area contributed by atoms with Crippen LogP contribution < -0.4 is 15.5 Å². The fourth-order valence-corrected chi connectivity index (χ4v) is 3.85. The lowest BCUT2D eigenvalue weighted by atomic mass is 10.0. The van der Waals surface area contributed by atoms with Crippen molar-refractivity contribution < 1.29 is 14.4 Å². The van der Waals surface area contributed by atoms with Crippen molar-refractivity contribution in [2.24, 2.45) is 0 Å². The summed E-state index contributed by atoms with van der Waals surface area (Å²) in [6.45, 7) is 4.61. The second-order valence-corrected chi connectivity index (χ2v) is 8.09. The van der Waals surface area contributed by atoms with E-state index in [0.717, 1.165) is 26.9 Å². The lowest BCUT2D eigenvalue weighted by molar-refractivity contribution is -0.125. The van der Waals surface area contributed by atoms with Crippen LogP contribution >= 0.6 is 0 Å². The third-order valence-corrected chi connectivity index (χ3v) is 5.62. The Balaban J connectivity index is 1.32. The number of aromatic nitrogens is 1. The molecule has 7 heteroatoms. The van der Waals surface area contributed by atoms with Gasteiger partial charge in [0.1, 0.15) is 6.04 Å². The van der Waals surface area contributed by atoms with Gasteiger partial charge in [-0.1, -0.05) is 44.2 Å². The molecule has 160 valence electrons. The van der Waals surface area contributed by atoms with Crippen molar-refractivity contribution in [3.05, 3.63) is 65.9 Å². The normalized spacial score (nSPS) is 16.2.